The van der Waals surface area contributed by atoms with Crippen molar-refractivity contribution in [3.8, 4) is 0 Å². The first kappa shape index (κ1) is 15.4. The molecule has 1 aromatic rings. The number of ether oxygens (including phenoxy) is 1. The highest BCUT2D eigenvalue weighted by Crippen LogP contribution is 2.13. The van der Waals surface area contributed by atoms with Crippen LogP contribution >= 0.6 is 0 Å². The van der Waals surface area contributed by atoms with Crippen LogP contribution in [0.2, 0.25) is 0 Å². The summed E-state index contributed by atoms with van der Waals surface area (Å²) in [6, 6.07) is 9.05. The summed E-state index contributed by atoms with van der Waals surface area (Å²) in [6.07, 6.45) is 1.16. The van der Waals surface area contributed by atoms with E-state index >= 15 is 0 Å². The normalized spacial score (nSPS) is 12.2. The maximum atomic E-state index is 11.9. The average Bonchev–Trinajstić information content (AvgIpc) is 2.39. The van der Waals surface area contributed by atoms with E-state index in [9.17, 15) is 13.2 Å². The quantitative estimate of drug-likeness (QED) is 0.629. The molecule has 104 valence electrons. The van der Waals surface area contributed by atoms with Gasteiger partial charge in [0.1, 0.15) is 0 Å². The van der Waals surface area contributed by atoms with Gasteiger partial charge in [0.25, 0.3) is 0 Å². The van der Waals surface area contributed by atoms with Gasteiger partial charge in [0, 0.05) is 12.5 Å². The van der Waals surface area contributed by atoms with Crippen LogP contribution in [0.1, 0.15) is 12.5 Å². The lowest BCUT2D eigenvalue weighted by Crippen LogP contribution is -2.22. The summed E-state index contributed by atoms with van der Waals surface area (Å²) in [5.74, 6) is -0.660. The molecule has 0 aliphatic heterocycles. The van der Waals surface area contributed by atoms with E-state index in [1.54, 1.807) is 19.1 Å². The van der Waals surface area contributed by atoms with E-state index < -0.39 is 16.0 Å². The van der Waals surface area contributed by atoms with E-state index in [2.05, 4.69) is 4.72 Å². The zero-order valence-corrected chi connectivity index (χ0v) is 11.7. The van der Waals surface area contributed by atoms with Gasteiger partial charge < -0.3 is 4.74 Å². The summed E-state index contributed by atoms with van der Waals surface area (Å²) in [7, 11) is -2.36. The third-order valence-corrected chi connectivity index (χ3v) is 3.89. The van der Waals surface area contributed by atoms with Crippen molar-refractivity contribution < 1.29 is 17.9 Å². The van der Waals surface area contributed by atoms with E-state index in [1.165, 1.54) is 7.05 Å². The third-order valence-electron chi connectivity index (χ3n) is 2.40. The molecule has 1 rings (SSSR count). The number of benzene rings is 1. The molecule has 0 atom stereocenters. The Kier molecular flexibility index (Phi) is 5.72. The van der Waals surface area contributed by atoms with Gasteiger partial charge in [-0.05, 0) is 19.5 Å². The Hall–Kier alpha value is -1.66. The number of hydrogen-bond donors (Lipinski definition) is 1. The summed E-state index contributed by atoms with van der Waals surface area (Å²) < 4.78 is 30.7. The summed E-state index contributed by atoms with van der Waals surface area (Å²) in [6.45, 7) is 1.86. The van der Waals surface area contributed by atoms with Crippen molar-refractivity contribution in [1.82, 2.24) is 4.72 Å². The van der Waals surface area contributed by atoms with Gasteiger partial charge in [0.2, 0.25) is 10.0 Å². The van der Waals surface area contributed by atoms with Crippen LogP contribution in [-0.4, -0.2) is 28.0 Å². The molecule has 0 aromatic heterocycles. The van der Waals surface area contributed by atoms with Gasteiger partial charge in [-0.25, -0.2) is 17.9 Å². The fourth-order valence-electron chi connectivity index (χ4n) is 1.47. The predicted molar refractivity (Wildman–Crippen MR) is 72.8 cm³/mol. The minimum absolute atomic E-state index is 0.0142. The molecule has 0 amide bonds. The molecule has 19 heavy (non-hydrogen) atoms. The van der Waals surface area contributed by atoms with Crippen molar-refractivity contribution in [1.29, 1.82) is 0 Å². The first-order chi connectivity index (χ1) is 8.99. The van der Waals surface area contributed by atoms with E-state index in [0.717, 1.165) is 11.6 Å². The van der Waals surface area contributed by atoms with Gasteiger partial charge in [0.05, 0.1) is 11.5 Å². The molecule has 0 radical (unpaired) electrons. The number of allylic oxidation sites excluding steroid dienone is 1. The van der Waals surface area contributed by atoms with Crippen LogP contribution < -0.4 is 4.72 Å². The van der Waals surface area contributed by atoms with Gasteiger partial charge in [-0.1, -0.05) is 30.3 Å². The Morgan fingerprint density at radius 3 is 2.47 bits per heavy atom. The van der Waals surface area contributed by atoms with Crippen LogP contribution in [0.4, 0.5) is 0 Å². The Bertz CT molecular complexity index is 549. The highest BCUT2D eigenvalue weighted by molar-refractivity contribution is 7.93. The van der Waals surface area contributed by atoms with Crippen LogP contribution in [0.15, 0.2) is 41.3 Å². The molecule has 1 aromatic carbocycles. The maximum Gasteiger partial charge on any atom is 0.331 e. The highest BCUT2D eigenvalue weighted by atomic mass is 32.2. The molecular formula is C13H17NO4S. The topological polar surface area (TPSA) is 72.5 Å². The fraction of sp³-hybridized carbons (Fsp3) is 0.308. The Morgan fingerprint density at radius 1 is 1.32 bits per heavy atom. The van der Waals surface area contributed by atoms with Gasteiger partial charge >= 0.3 is 5.97 Å². The monoisotopic (exact) mass is 283 g/mol. The zero-order valence-electron chi connectivity index (χ0n) is 10.9. The van der Waals surface area contributed by atoms with Crippen molar-refractivity contribution >= 4 is 16.0 Å². The summed E-state index contributed by atoms with van der Waals surface area (Å²) in [5, 5.41) is 0. The molecule has 5 nitrogen and oxygen atoms in total. The molecule has 0 spiro atoms. The van der Waals surface area contributed by atoms with E-state index in [0.29, 0.717) is 0 Å². The zero-order chi connectivity index (χ0) is 14.3. The number of carbonyl (C=O) groups excluding carboxylic acids is 1. The maximum absolute atomic E-state index is 11.9. The first-order valence-corrected chi connectivity index (χ1v) is 7.32. The van der Waals surface area contributed by atoms with E-state index in [1.807, 2.05) is 18.2 Å². The molecule has 0 unspecified atom stereocenters. The van der Waals surface area contributed by atoms with Crippen molar-refractivity contribution in [2.45, 2.75) is 13.3 Å². The van der Waals surface area contributed by atoms with Gasteiger partial charge in [0.15, 0.2) is 0 Å². The number of hydrogen-bond acceptors (Lipinski definition) is 4. The number of esters is 1. The number of rotatable bonds is 6. The smallest absolute Gasteiger partial charge is 0.331 e. The van der Waals surface area contributed by atoms with Crippen molar-refractivity contribution in [2.75, 3.05) is 13.7 Å². The molecule has 0 bridgehead atoms. The second-order valence-electron chi connectivity index (χ2n) is 3.73. The fourth-order valence-corrected chi connectivity index (χ4v) is 2.34. The SMILES string of the molecule is CCOC(=O)/C=C(/Cc1ccccc1)S(=O)(=O)NC. The first-order valence-electron chi connectivity index (χ1n) is 5.84. The molecule has 0 saturated heterocycles. The van der Waals surface area contributed by atoms with Crippen LogP contribution in [0, 0.1) is 0 Å². The third kappa shape index (κ3) is 4.84. The predicted octanol–water partition coefficient (Wildman–Crippen LogP) is 1.23. The molecule has 0 saturated carbocycles. The van der Waals surface area contributed by atoms with Gasteiger partial charge in [-0.2, -0.15) is 0 Å². The Balaban J connectivity index is 3.04. The molecule has 0 aliphatic rings. The standard InChI is InChI=1S/C13H17NO4S/c1-3-18-13(15)10-12(19(16,17)14-2)9-11-7-5-4-6-8-11/h4-8,10,14H,3,9H2,1-2H3/b12-10-. The highest BCUT2D eigenvalue weighted by Gasteiger charge is 2.17. The molecule has 0 heterocycles. The van der Waals surface area contributed by atoms with Crippen LogP contribution in [0.3, 0.4) is 0 Å². The van der Waals surface area contributed by atoms with E-state index in [-0.39, 0.29) is 17.9 Å². The van der Waals surface area contributed by atoms with Crippen LogP contribution in [0.25, 0.3) is 0 Å². The number of carbonyl (C=O) groups is 1. The molecule has 1 N–H and O–H groups in total. The lowest BCUT2D eigenvalue weighted by atomic mass is 10.1. The summed E-state index contributed by atoms with van der Waals surface area (Å²) >= 11 is 0. The summed E-state index contributed by atoms with van der Waals surface area (Å²) in [4.78, 5) is 11.4. The molecule has 6 heteroatoms. The van der Waals surface area contributed by atoms with Crippen molar-refractivity contribution in [3.63, 3.8) is 0 Å². The second-order valence-corrected chi connectivity index (χ2v) is 5.67. The number of sulfonamides is 1. The Morgan fingerprint density at radius 2 is 1.95 bits per heavy atom. The second kappa shape index (κ2) is 7.06. The van der Waals surface area contributed by atoms with E-state index in [4.69, 9.17) is 4.74 Å². The van der Waals surface area contributed by atoms with Crippen LogP contribution in [-0.2, 0) is 26.0 Å². The molecule has 0 fully saturated rings. The molecular weight excluding hydrogens is 266 g/mol. The summed E-state index contributed by atoms with van der Waals surface area (Å²) in [5.41, 5.74) is 0.803. The van der Waals surface area contributed by atoms with Crippen molar-refractivity contribution in [3.05, 3.63) is 46.9 Å². The minimum atomic E-state index is -3.66. The van der Waals surface area contributed by atoms with Gasteiger partial charge in [-0.3, -0.25) is 0 Å². The lowest BCUT2D eigenvalue weighted by Gasteiger charge is -2.08. The largest absolute Gasteiger partial charge is 0.463 e. The van der Waals surface area contributed by atoms with Crippen LogP contribution in [0.5, 0.6) is 0 Å². The number of nitrogens with one attached hydrogen (secondary N) is 1. The average molecular weight is 283 g/mol. The van der Waals surface area contributed by atoms with Crippen molar-refractivity contribution in [2.24, 2.45) is 0 Å². The lowest BCUT2D eigenvalue weighted by molar-refractivity contribution is -0.137. The van der Waals surface area contributed by atoms with Gasteiger partial charge in [-0.15, -0.1) is 0 Å². The minimum Gasteiger partial charge on any atom is -0.463 e. The molecule has 0 aliphatic carbocycles. The Labute approximate surface area is 113 Å².